The summed E-state index contributed by atoms with van der Waals surface area (Å²) in [6.45, 7) is 7.30. The highest BCUT2D eigenvalue weighted by atomic mass is 127. The molecule has 29 heavy (non-hydrogen) atoms. The van der Waals surface area contributed by atoms with Gasteiger partial charge in [0, 0.05) is 37.4 Å². The van der Waals surface area contributed by atoms with Gasteiger partial charge < -0.3 is 15.2 Å². The summed E-state index contributed by atoms with van der Waals surface area (Å²) in [6.07, 6.45) is 5.04. The standard InChI is InChI=1S/C20H25N7S.HI/c1-3-21-19(23-13-16-14-26-11-12-28-20(26)25-16)22-9-6-10-27-15(2)24-17-7-4-5-8-18(17)27;/h4-5,7-8,11-12,14H,3,6,9-10,13H2,1-2H3,(H2,21,22,23);1H. The van der Waals surface area contributed by atoms with Gasteiger partial charge in [0.2, 0.25) is 0 Å². The van der Waals surface area contributed by atoms with E-state index in [2.05, 4.69) is 62.2 Å². The van der Waals surface area contributed by atoms with Gasteiger partial charge in [-0.05, 0) is 32.4 Å². The van der Waals surface area contributed by atoms with E-state index in [1.165, 1.54) is 5.52 Å². The van der Waals surface area contributed by atoms with Crippen LogP contribution < -0.4 is 10.6 Å². The Balaban J connectivity index is 0.00000240. The topological polar surface area (TPSA) is 71.5 Å². The molecule has 0 saturated heterocycles. The first kappa shape index (κ1) is 21.6. The molecule has 0 aliphatic rings. The first-order chi connectivity index (χ1) is 13.7. The van der Waals surface area contributed by atoms with Gasteiger partial charge in [0.25, 0.3) is 0 Å². The number of nitrogens with one attached hydrogen (secondary N) is 2. The molecule has 154 valence electrons. The fourth-order valence-electron chi connectivity index (χ4n) is 3.28. The number of rotatable bonds is 7. The van der Waals surface area contributed by atoms with E-state index in [0.717, 1.165) is 54.0 Å². The highest BCUT2D eigenvalue weighted by Crippen LogP contribution is 2.15. The monoisotopic (exact) mass is 523 g/mol. The van der Waals surface area contributed by atoms with Crippen LogP contribution in [0.1, 0.15) is 24.9 Å². The number of halogens is 1. The summed E-state index contributed by atoms with van der Waals surface area (Å²) >= 11 is 1.63. The van der Waals surface area contributed by atoms with E-state index in [-0.39, 0.29) is 24.0 Å². The summed E-state index contributed by atoms with van der Waals surface area (Å²) in [5, 5.41) is 8.76. The van der Waals surface area contributed by atoms with Crippen LogP contribution in [0.15, 0.2) is 47.0 Å². The first-order valence-electron chi connectivity index (χ1n) is 9.59. The van der Waals surface area contributed by atoms with Crippen molar-refractivity contribution in [2.24, 2.45) is 4.99 Å². The number of benzene rings is 1. The summed E-state index contributed by atoms with van der Waals surface area (Å²) in [4.78, 5) is 14.9. The van der Waals surface area contributed by atoms with Gasteiger partial charge in [0.05, 0.1) is 23.3 Å². The molecule has 7 nitrogen and oxygen atoms in total. The van der Waals surface area contributed by atoms with Gasteiger partial charge >= 0.3 is 0 Å². The van der Waals surface area contributed by atoms with Crippen molar-refractivity contribution in [1.29, 1.82) is 0 Å². The molecule has 0 fully saturated rings. The van der Waals surface area contributed by atoms with Crippen molar-refractivity contribution in [1.82, 2.24) is 29.6 Å². The minimum atomic E-state index is 0. The second-order valence-electron chi connectivity index (χ2n) is 6.60. The lowest BCUT2D eigenvalue weighted by Crippen LogP contribution is -2.38. The van der Waals surface area contributed by atoms with E-state index in [1.807, 2.05) is 28.2 Å². The van der Waals surface area contributed by atoms with Crippen LogP contribution in [0, 0.1) is 6.92 Å². The van der Waals surface area contributed by atoms with Gasteiger partial charge in [-0.25, -0.2) is 15.0 Å². The predicted molar refractivity (Wildman–Crippen MR) is 130 cm³/mol. The van der Waals surface area contributed by atoms with Crippen molar-refractivity contribution in [2.45, 2.75) is 33.4 Å². The number of nitrogens with zero attached hydrogens (tertiary/aromatic N) is 5. The average Bonchev–Trinajstić information content (AvgIpc) is 3.36. The van der Waals surface area contributed by atoms with Crippen molar-refractivity contribution in [3.8, 4) is 0 Å². The average molecular weight is 523 g/mol. The molecule has 2 N–H and O–H groups in total. The molecule has 0 radical (unpaired) electrons. The molecule has 0 unspecified atom stereocenters. The Labute approximate surface area is 191 Å². The van der Waals surface area contributed by atoms with E-state index >= 15 is 0 Å². The lowest BCUT2D eigenvalue weighted by atomic mass is 10.3. The molecule has 3 aromatic heterocycles. The largest absolute Gasteiger partial charge is 0.357 e. The normalized spacial score (nSPS) is 11.7. The summed E-state index contributed by atoms with van der Waals surface area (Å²) in [6, 6.07) is 8.29. The van der Waals surface area contributed by atoms with Gasteiger partial charge in [-0.1, -0.05) is 12.1 Å². The summed E-state index contributed by atoms with van der Waals surface area (Å²) < 4.78 is 4.31. The van der Waals surface area contributed by atoms with Crippen LogP contribution in [0.25, 0.3) is 16.0 Å². The molecule has 0 aliphatic carbocycles. The Morgan fingerprint density at radius 2 is 2.07 bits per heavy atom. The maximum absolute atomic E-state index is 4.66. The van der Waals surface area contributed by atoms with Crippen molar-refractivity contribution >= 4 is 57.3 Å². The van der Waals surface area contributed by atoms with Crippen LogP contribution in [0.5, 0.6) is 0 Å². The molecule has 0 spiro atoms. The zero-order valence-corrected chi connectivity index (χ0v) is 19.8. The Bertz CT molecular complexity index is 1070. The number of imidazole rings is 2. The van der Waals surface area contributed by atoms with Crippen LogP contribution >= 0.6 is 35.3 Å². The molecule has 0 saturated carbocycles. The highest BCUT2D eigenvalue weighted by molar-refractivity contribution is 14.0. The van der Waals surface area contributed by atoms with E-state index in [0.29, 0.717) is 6.54 Å². The lowest BCUT2D eigenvalue weighted by Gasteiger charge is -2.12. The Morgan fingerprint density at radius 3 is 2.90 bits per heavy atom. The third-order valence-electron chi connectivity index (χ3n) is 4.58. The van der Waals surface area contributed by atoms with E-state index in [9.17, 15) is 0 Å². The van der Waals surface area contributed by atoms with E-state index < -0.39 is 0 Å². The molecule has 0 bridgehead atoms. The van der Waals surface area contributed by atoms with E-state index in [1.54, 1.807) is 11.3 Å². The first-order valence-corrected chi connectivity index (χ1v) is 10.5. The second-order valence-corrected chi connectivity index (χ2v) is 7.47. The zero-order valence-electron chi connectivity index (χ0n) is 16.6. The van der Waals surface area contributed by atoms with Crippen LogP contribution in [-0.4, -0.2) is 38.0 Å². The number of aryl methyl sites for hydroxylation is 2. The summed E-state index contributed by atoms with van der Waals surface area (Å²) in [5.41, 5.74) is 3.23. The third kappa shape index (κ3) is 5.08. The van der Waals surface area contributed by atoms with Gasteiger partial charge in [-0.3, -0.25) is 4.40 Å². The smallest absolute Gasteiger partial charge is 0.193 e. The van der Waals surface area contributed by atoms with Crippen molar-refractivity contribution in [2.75, 3.05) is 13.1 Å². The highest BCUT2D eigenvalue weighted by Gasteiger charge is 2.06. The number of para-hydroxylation sites is 2. The fraction of sp³-hybridized carbons (Fsp3) is 0.350. The van der Waals surface area contributed by atoms with Gasteiger partial charge in [-0.2, -0.15) is 0 Å². The molecule has 1 aromatic carbocycles. The molecule has 0 aliphatic heterocycles. The van der Waals surface area contributed by atoms with Gasteiger partial charge in [0.1, 0.15) is 5.82 Å². The third-order valence-corrected chi connectivity index (χ3v) is 5.35. The number of guanidine groups is 1. The van der Waals surface area contributed by atoms with E-state index in [4.69, 9.17) is 0 Å². The molecule has 0 atom stereocenters. The number of thiazole rings is 1. The minimum Gasteiger partial charge on any atom is -0.357 e. The van der Waals surface area contributed by atoms with Crippen LogP contribution in [0.3, 0.4) is 0 Å². The molecule has 4 rings (SSSR count). The predicted octanol–water partition coefficient (Wildman–Crippen LogP) is 3.82. The van der Waals surface area contributed by atoms with Gasteiger partial charge in [-0.15, -0.1) is 35.3 Å². The quantitative estimate of drug-likeness (QED) is 0.167. The summed E-state index contributed by atoms with van der Waals surface area (Å²) in [7, 11) is 0. The second kappa shape index (κ2) is 10.1. The molecule has 3 heterocycles. The van der Waals surface area contributed by atoms with Gasteiger partial charge in [0.15, 0.2) is 10.9 Å². The number of hydrogen-bond donors (Lipinski definition) is 2. The Hall–Kier alpha value is -2.14. The zero-order chi connectivity index (χ0) is 19.3. The molecular formula is C20H26IN7S. The number of hydrogen-bond acceptors (Lipinski definition) is 4. The number of fused-ring (bicyclic) bond motifs is 2. The SMILES string of the molecule is CCNC(=NCc1cn2ccsc2n1)NCCCn1c(C)nc2ccccc21.I. The molecule has 9 heteroatoms. The van der Waals surface area contributed by atoms with Crippen molar-refractivity contribution in [3.63, 3.8) is 0 Å². The Morgan fingerprint density at radius 1 is 1.21 bits per heavy atom. The van der Waals surface area contributed by atoms with Crippen LogP contribution in [-0.2, 0) is 13.1 Å². The van der Waals surface area contributed by atoms with Crippen LogP contribution in [0.2, 0.25) is 0 Å². The molecule has 4 aromatic rings. The molecular weight excluding hydrogens is 497 g/mol. The van der Waals surface area contributed by atoms with Crippen molar-refractivity contribution < 1.29 is 0 Å². The lowest BCUT2D eigenvalue weighted by molar-refractivity contribution is 0.624. The van der Waals surface area contributed by atoms with Crippen molar-refractivity contribution in [3.05, 3.63) is 53.6 Å². The van der Waals surface area contributed by atoms with Crippen LogP contribution in [0.4, 0.5) is 0 Å². The maximum atomic E-state index is 4.66. The maximum Gasteiger partial charge on any atom is 0.193 e. The number of aromatic nitrogens is 4. The Kier molecular flexibility index (Phi) is 7.48. The number of aliphatic imine (C=N–C) groups is 1. The minimum absolute atomic E-state index is 0. The fourth-order valence-corrected chi connectivity index (χ4v) is 4.00. The summed E-state index contributed by atoms with van der Waals surface area (Å²) in [5.74, 6) is 1.88. The molecule has 0 amide bonds.